The number of carbonyl (C=O) groups is 1. The topological polar surface area (TPSA) is 69.7 Å². The smallest absolute Gasteiger partial charge is 0.297 e. The van der Waals surface area contributed by atoms with Gasteiger partial charge in [-0.3, -0.25) is 4.18 Å². The highest BCUT2D eigenvalue weighted by Crippen LogP contribution is 2.20. The Morgan fingerprint density at radius 1 is 1.28 bits per heavy atom. The van der Waals surface area contributed by atoms with Gasteiger partial charge in [0, 0.05) is 0 Å². The molecule has 1 saturated heterocycles. The van der Waals surface area contributed by atoms with Gasteiger partial charge in [-0.25, -0.2) is 0 Å². The Balaban J connectivity index is 1.92. The summed E-state index contributed by atoms with van der Waals surface area (Å²) >= 11 is 0. The van der Waals surface area contributed by atoms with Gasteiger partial charge in [0.2, 0.25) is 0 Å². The summed E-state index contributed by atoms with van der Waals surface area (Å²) < 4.78 is 33.8. The number of hydrogen-bond acceptors (Lipinski definition) is 5. The number of hydrogen-bond donors (Lipinski definition) is 0. The van der Waals surface area contributed by atoms with Crippen LogP contribution in [0.15, 0.2) is 35.2 Å². The lowest BCUT2D eigenvalue weighted by Gasteiger charge is -2.11. The van der Waals surface area contributed by atoms with Gasteiger partial charge in [-0.1, -0.05) is 18.2 Å². The van der Waals surface area contributed by atoms with E-state index in [1.165, 1.54) is 12.1 Å². The van der Waals surface area contributed by atoms with Crippen molar-refractivity contribution in [1.82, 2.24) is 0 Å². The number of aldehydes is 1. The fourth-order valence-electron chi connectivity index (χ4n) is 1.78. The van der Waals surface area contributed by atoms with Crippen LogP contribution in [0.25, 0.3) is 0 Å². The van der Waals surface area contributed by atoms with E-state index in [1.54, 1.807) is 18.2 Å². The van der Waals surface area contributed by atoms with Crippen LogP contribution in [0.4, 0.5) is 0 Å². The first-order chi connectivity index (χ1) is 8.62. The minimum atomic E-state index is -3.74. The van der Waals surface area contributed by atoms with Gasteiger partial charge in [0.05, 0.1) is 17.6 Å². The van der Waals surface area contributed by atoms with Gasteiger partial charge in [0.1, 0.15) is 12.4 Å². The molecule has 1 heterocycles. The van der Waals surface area contributed by atoms with Crippen molar-refractivity contribution in [1.29, 1.82) is 0 Å². The number of benzene rings is 1. The van der Waals surface area contributed by atoms with Crippen molar-refractivity contribution < 1.29 is 22.1 Å². The first-order valence-electron chi connectivity index (χ1n) is 5.67. The molecule has 1 aromatic carbocycles. The van der Waals surface area contributed by atoms with Gasteiger partial charge in [0.15, 0.2) is 0 Å². The molecule has 5 nitrogen and oxygen atoms in total. The minimum Gasteiger partial charge on any atom is -0.365 e. The Morgan fingerprint density at radius 2 is 2.00 bits per heavy atom. The maximum absolute atomic E-state index is 11.8. The molecule has 1 aliphatic heterocycles. The van der Waals surface area contributed by atoms with Crippen LogP contribution < -0.4 is 0 Å². The van der Waals surface area contributed by atoms with Crippen molar-refractivity contribution >= 4 is 16.4 Å². The highest BCUT2D eigenvalue weighted by atomic mass is 32.2. The van der Waals surface area contributed by atoms with Crippen LogP contribution in [0.5, 0.6) is 0 Å². The van der Waals surface area contributed by atoms with E-state index < -0.39 is 16.2 Å². The van der Waals surface area contributed by atoms with Crippen molar-refractivity contribution in [2.24, 2.45) is 0 Å². The molecule has 1 aliphatic rings. The molecule has 0 aromatic heterocycles. The summed E-state index contributed by atoms with van der Waals surface area (Å²) in [4.78, 5) is 10.6. The maximum atomic E-state index is 11.8. The third-order valence-electron chi connectivity index (χ3n) is 2.73. The second-order valence-corrected chi connectivity index (χ2v) is 5.68. The molecular weight excluding hydrogens is 256 g/mol. The van der Waals surface area contributed by atoms with Gasteiger partial charge in [-0.05, 0) is 25.0 Å². The molecule has 1 aromatic rings. The van der Waals surface area contributed by atoms with Gasteiger partial charge < -0.3 is 9.53 Å². The lowest BCUT2D eigenvalue weighted by molar-refractivity contribution is -0.117. The molecule has 0 N–H and O–H groups in total. The van der Waals surface area contributed by atoms with Crippen LogP contribution in [0.1, 0.15) is 12.8 Å². The average molecular weight is 270 g/mol. The van der Waals surface area contributed by atoms with Crippen LogP contribution in [0, 0.1) is 0 Å². The third kappa shape index (κ3) is 3.16. The van der Waals surface area contributed by atoms with Crippen molar-refractivity contribution in [3.05, 3.63) is 30.3 Å². The lowest BCUT2D eigenvalue weighted by atomic mass is 10.2. The standard InChI is InChI=1S/C12H14O5S/c13-8-10-6-7-11(17-10)9-16-18(14,15)12-4-2-1-3-5-12/h1-5,8,10-11H,6-7,9H2/t10-,11-/m1/s1. The molecule has 0 spiro atoms. The molecule has 0 amide bonds. The number of ether oxygens (including phenoxy) is 1. The molecule has 1 fully saturated rings. The zero-order chi connectivity index (χ0) is 13.0. The second kappa shape index (κ2) is 5.60. The SMILES string of the molecule is O=C[C@H]1CC[C@H](COS(=O)(=O)c2ccccc2)O1. The predicted octanol–water partition coefficient (Wildman–Crippen LogP) is 1.14. The van der Waals surface area contributed by atoms with Crippen LogP contribution >= 0.6 is 0 Å². The first-order valence-corrected chi connectivity index (χ1v) is 7.08. The maximum Gasteiger partial charge on any atom is 0.297 e. The van der Waals surface area contributed by atoms with E-state index in [9.17, 15) is 13.2 Å². The molecule has 18 heavy (non-hydrogen) atoms. The van der Waals surface area contributed by atoms with Crippen LogP contribution in [-0.4, -0.2) is 33.5 Å². The fourth-order valence-corrected chi connectivity index (χ4v) is 2.73. The molecule has 98 valence electrons. The summed E-state index contributed by atoms with van der Waals surface area (Å²) in [5.74, 6) is 0. The molecule has 0 bridgehead atoms. The molecule has 0 radical (unpaired) electrons. The molecule has 6 heteroatoms. The van der Waals surface area contributed by atoms with E-state index in [4.69, 9.17) is 8.92 Å². The van der Waals surface area contributed by atoms with Gasteiger partial charge in [-0.2, -0.15) is 8.42 Å². The Labute approximate surface area is 106 Å². The Kier molecular flexibility index (Phi) is 4.11. The normalized spacial score (nSPS) is 24.0. The second-order valence-electron chi connectivity index (χ2n) is 4.06. The zero-order valence-electron chi connectivity index (χ0n) is 9.69. The quantitative estimate of drug-likeness (QED) is 0.592. The van der Waals surface area contributed by atoms with E-state index in [0.29, 0.717) is 12.8 Å². The Morgan fingerprint density at radius 3 is 2.61 bits per heavy atom. The molecule has 2 rings (SSSR count). The summed E-state index contributed by atoms with van der Waals surface area (Å²) in [6, 6.07) is 7.93. The van der Waals surface area contributed by atoms with Gasteiger partial charge in [0.25, 0.3) is 10.1 Å². The number of carbonyl (C=O) groups excluding carboxylic acids is 1. The Hall–Kier alpha value is -1.24. The van der Waals surface area contributed by atoms with Gasteiger partial charge >= 0.3 is 0 Å². The summed E-state index contributed by atoms with van der Waals surface area (Å²) in [5, 5.41) is 0. The van der Waals surface area contributed by atoms with Crippen molar-refractivity contribution in [2.75, 3.05) is 6.61 Å². The van der Waals surface area contributed by atoms with Crippen molar-refractivity contribution in [3.8, 4) is 0 Å². The number of rotatable bonds is 5. The summed E-state index contributed by atoms with van der Waals surface area (Å²) in [6.07, 6.45) is 1.21. The average Bonchev–Trinajstić information content (AvgIpc) is 2.86. The van der Waals surface area contributed by atoms with Crippen molar-refractivity contribution in [2.45, 2.75) is 29.9 Å². The predicted molar refractivity (Wildman–Crippen MR) is 63.5 cm³/mol. The van der Waals surface area contributed by atoms with E-state index in [0.717, 1.165) is 6.29 Å². The molecule has 2 atom stereocenters. The third-order valence-corrected chi connectivity index (χ3v) is 4.03. The largest absolute Gasteiger partial charge is 0.365 e. The lowest BCUT2D eigenvalue weighted by Crippen LogP contribution is -2.20. The highest BCUT2D eigenvalue weighted by molar-refractivity contribution is 7.86. The minimum absolute atomic E-state index is 0.0540. The van der Waals surface area contributed by atoms with E-state index in [-0.39, 0.29) is 17.6 Å². The van der Waals surface area contributed by atoms with E-state index in [1.807, 2.05) is 0 Å². The fraction of sp³-hybridized carbons (Fsp3) is 0.417. The van der Waals surface area contributed by atoms with Crippen LogP contribution in [0.2, 0.25) is 0 Å². The van der Waals surface area contributed by atoms with E-state index >= 15 is 0 Å². The Bertz CT molecular complexity index is 496. The molecule has 0 saturated carbocycles. The van der Waals surface area contributed by atoms with Crippen molar-refractivity contribution in [3.63, 3.8) is 0 Å². The first kappa shape index (κ1) is 13.2. The molecule has 0 unspecified atom stereocenters. The van der Waals surface area contributed by atoms with Crippen LogP contribution in [-0.2, 0) is 23.8 Å². The zero-order valence-corrected chi connectivity index (χ0v) is 10.5. The van der Waals surface area contributed by atoms with Gasteiger partial charge in [-0.15, -0.1) is 0 Å². The highest BCUT2D eigenvalue weighted by Gasteiger charge is 2.27. The van der Waals surface area contributed by atoms with Crippen LogP contribution in [0.3, 0.4) is 0 Å². The summed E-state index contributed by atoms with van der Waals surface area (Å²) in [7, 11) is -3.74. The monoisotopic (exact) mass is 270 g/mol. The summed E-state index contributed by atoms with van der Waals surface area (Å²) in [5.41, 5.74) is 0. The molecule has 0 aliphatic carbocycles. The molecular formula is C12H14O5S. The van der Waals surface area contributed by atoms with E-state index in [2.05, 4.69) is 0 Å². The summed E-state index contributed by atoms with van der Waals surface area (Å²) in [6.45, 7) is -0.0540.